The lowest BCUT2D eigenvalue weighted by molar-refractivity contribution is 0.474. The molecule has 0 atom stereocenters. The van der Waals surface area contributed by atoms with E-state index in [0.717, 1.165) is 11.6 Å². The number of hydrogen-bond donors (Lipinski definition) is 1. The fourth-order valence-corrected chi connectivity index (χ4v) is 1.73. The molecular formula is C14H16F2O. The maximum absolute atomic E-state index is 13.4. The average Bonchev–Trinajstić information content (AvgIpc) is 2.36. The van der Waals surface area contributed by atoms with Crippen LogP contribution < -0.4 is 0 Å². The monoisotopic (exact) mass is 238 g/mol. The Morgan fingerprint density at radius 2 is 1.71 bits per heavy atom. The normalized spacial score (nSPS) is 9.94. The van der Waals surface area contributed by atoms with Gasteiger partial charge in [0.05, 0.1) is 0 Å². The molecule has 2 rings (SSSR count). The van der Waals surface area contributed by atoms with Gasteiger partial charge in [-0.2, -0.15) is 0 Å². The molecule has 92 valence electrons. The zero-order chi connectivity index (χ0) is 13.0. The van der Waals surface area contributed by atoms with E-state index in [-0.39, 0.29) is 11.1 Å². The van der Waals surface area contributed by atoms with E-state index in [1.807, 2.05) is 20.8 Å². The molecule has 0 aliphatic heterocycles. The van der Waals surface area contributed by atoms with Crippen molar-refractivity contribution in [2.75, 3.05) is 0 Å². The van der Waals surface area contributed by atoms with Crippen LogP contribution in [0.3, 0.4) is 0 Å². The van der Waals surface area contributed by atoms with Gasteiger partial charge in [0, 0.05) is 5.39 Å². The topological polar surface area (TPSA) is 20.2 Å². The number of phenolic OH excluding ortho intramolecular Hbond substituents is 1. The number of halogens is 2. The Balaban J connectivity index is 0.000000686. The Labute approximate surface area is 99.7 Å². The number of aryl methyl sites for hydroxylation is 1. The largest absolute Gasteiger partial charge is 0.508 e. The van der Waals surface area contributed by atoms with Crippen LogP contribution in [-0.2, 0) is 6.42 Å². The zero-order valence-corrected chi connectivity index (χ0v) is 10.2. The van der Waals surface area contributed by atoms with Gasteiger partial charge in [-0.1, -0.05) is 26.8 Å². The van der Waals surface area contributed by atoms with Gasteiger partial charge in [-0.05, 0) is 35.6 Å². The molecule has 0 heterocycles. The SMILES string of the molecule is CC.CCc1cc(O)cc2c(F)c(F)ccc12. The number of phenols is 1. The second-order valence-corrected chi connectivity index (χ2v) is 3.41. The standard InChI is InChI=1S/C12H10F2O.C2H6/c1-2-7-5-8(15)6-10-9(7)3-4-11(13)12(10)14;1-2/h3-6,15H,2H2,1H3;1-2H3. The fourth-order valence-electron chi connectivity index (χ4n) is 1.73. The molecule has 1 N–H and O–H groups in total. The van der Waals surface area contributed by atoms with Gasteiger partial charge in [-0.3, -0.25) is 0 Å². The van der Waals surface area contributed by atoms with Crippen molar-refractivity contribution in [3.8, 4) is 5.75 Å². The first-order valence-corrected chi connectivity index (χ1v) is 5.73. The maximum Gasteiger partial charge on any atom is 0.166 e. The van der Waals surface area contributed by atoms with Crippen molar-refractivity contribution in [1.29, 1.82) is 0 Å². The van der Waals surface area contributed by atoms with E-state index in [4.69, 9.17) is 0 Å². The van der Waals surface area contributed by atoms with E-state index < -0.39 is 11.6 Å². The molecular weight excluding hydrogens is 222 g/mol. The fraction of sp³-hybridized carbons (Fsp3) is 0.286. The molecule has 0 aliphatic rings. The van der Waals surface area contributed by atoms with Gasteiger partial charge < -0.3 is 5.11 Å². The van der Waals surface area contributed by atoms with Gasteiger partial charge in [0.2, 0.25) is 0 Å². The number of aromatic hydroxyl groups is 1. The Morgan fingerprint density at radius 1 is 1.06 bits per heavy atom. The van der Waals surface area contributed by atoms with Crippen LogP contribution in [-0.4, -0.2) is 5.11 Å². The van der Waals surface area contributed by atoms with Crippen LogP contribution in [0, 0.1) is 11.6 Å². The molecule has 3 heteroatoms. The van der Waals surface area contributed by atoms with Crippen LogP contribution in [0.5, 0.6) is 5.75 Å². The van der Waals surface area contributed by atoms with E-state index in [9.17, 15) is 13.9 Å². The number of rotatable bonds is 1. The predicted octanol–water partition coefficient (Wildman–Crippen LogP) is 4.41. The molecule has 0 saturated heterocycles. The minimum atomic E-state index is -0.905. The Bertz CT molecular complexity index is 521. The minimum absolute atomic E-state index is 0.0381. The molecule has 0 aliphatic carbocycles. The third-order valence-electron chi connectivity index (χ3n) is 2.47. The summed E-state index contributed by atoms with van der Waals surface area (Å²) in [7, 11) is 0. The second-order valence-electron chi connectivity index (χ2n) is 3.41. The molecule has 0 aromatic heterocycles. The highest BCUT2D eigenvalue weighted by atomic mass is 19.2. The molecule has 0 spiro atoms. The lowest BCUT2D eigenvalue weighted by Crippen LogP contribution is -1.90. The maximum atomic E-state index is 13.4. The Morgan fingerprint density at radius 3 is 2.29 bits per heavy atom. The van der Waals surface area contributed by atoms with E-state index in [2.05, 4.69) is 0 Å². The molecule has 2 aromatic carbocycles. The lowest BCUT2D eigenvalue weighted by atomic mass is 10.0. The van der Waals surface area contributed by atoms with Crippen molar-refractivity contribution in [3.05, 3.63) is 41.5 Å². The summed E-state index contributed by atoms with van der Waals surface area (Å²) >= 11 is 0. The third-order valence-corrected chi connectivity index (χ3v) is 2.47. The summed E-state index contributed by atoms with van der Waals surface area (Å²) in [6.45, 7) is 5.90. The molecule has 0 unspecified atom stereocenters. The van der Waals surface area contributed by atoms with Gasteiger partial charge >= 0.3 is 0 Å². The Hall–Kier alpha value is -1.64. The van der Waals surface area contributed by atoms with Gasteiger partial charge in [-0.15, -0.1) is 0 Å². The van der Waals surface area contributed by atoms with Crippen LogP contribution in [0.1, 0.15) is 26.3 Å². The molecule has 0 bridgehead atoms. The van der Waals surface area contributed by atoms with Crippen molar-refractivity contribution >= 4 is 10.8 Å². The molecule has 0 amide bonds. The van der Waals surface area contributed by atoms with Crippen molar-refractivity contribution in [2.45, 2.75) is 27.2 Å². The molecule has 0 radical (unpaired) electrons. The summed E-state index contributed by atoms with van der Waals surface area (Å²) in [6.07, 6.45) is 0.663. The predicted molar refractivity (Wildman–Crippen MR) is 66.3 cm³/mol. The summed E-state index contributed by atoms with van der Waals surface area (Å²) in [5.41, 5.74) is 0.809. The molecule has 0 saturated carbocycles. The summed E-state index contributed by atoms with van der Waals surface area (Å²) in [6, 6.07) is 5.45. The third kappa shape index (κ3) is 2.54. The van der Waals surface area contributed by atoms with E-state index in [1.54, 1.807) is 6.07 Å². The number of hydrogen-bond acceptors (Lipinski definition) is 1. The van der Waals surface area contributed by atoms with Crippen LogP contribution in [0.2, 0.25) is 0 Å². The van der Waals surface area contributed by atoms with Crippen LogP contribution in [0.15, 0.2) is 24.3 Å². The summed E-state index contributed by atoms with van der Waals surface area (Å²) in [5.74, 6) is -1.84. The van der Waals surface area contributed by atoms with Gasteiger partial charge in [-0.25, -0.2) is 8.78 Å². The van der Waals surface area contributed by atoms with Crippen molar-refractivity contribution < 1.29 is 13.9 Å². The van der Waals surface area contributed by atoms with E-state index >= 15 is 0 Å². The zero-order valence-electron chi connectivity index (χ0n) is 10.2. The van der Waals surface area contributed by atoms with Gasteiger partial charge in [0.15, 0.2) is 11.6 Å². The minimum Gasteiger partial charge on any atom is -0.508 e. The highest BCUT2D eigenvalue weighted by Gasteiger charge is 2.10. The van der Waals surface area contributed by atoms with Gasteiger partial charge in [0.1, 0.15) is 5.75 Å². The van der Waals surface area contributed by atoms with Crippen LogP contribution in [0.4, 0.5) is 8.78 Å². The van der Waals surface area contributed by atoms with Gasteiger partial charge in [0.25, 0.3) is 0 Å². The first-order valence-electron chi connectivity index (χ1n) is 5.73. The highest BCUT2D eigenvalue weighted by molar-refractivity contribution is 5.87. The quantitative estimate of drug-likeness (QED) is 0.780. The molecule has 0 fully saturated rings. The highest BCUT2D eigenvalue weighted by Crippen LogP contribution is 2.28. The summed E-state index contributed by atoms with van der Waals surface area (Å²) in [5, 5.41) is 10.1. The van der Waals surface area contributed by atoms with E-state index in [1.165, 1.54) is 12.1 Å². The lowest BCUT2D eigenvalue weighted by Gasteiger charge is -2.06. The van der Waals surface area contributed by atoms with Crippen LogP contribution in [0.25, 0.3) is 10.8 Å². The second kappa shape index (κ2) is 5.62. The van der Waals surface area contributed by atoms with Crippen LogP contribution >= 0.6 is 0 Å². The van der Waals surface area contributed by atoms with E-state index in [0.29, 0.717) is 11.8 Å². The summed E-state index contributed by atoms with van der Waals surface area (Å²) < 4.78 is 26.4. The van der Waals surface area contributed by atoms with Crippen molar-refractivity contribution in [1.82, 2.24) is 0 Å². The molecule has 17 heavy (non-hydrogen) atoms. The smallest absolute Gasteiger partial charge is 0.166 e. The molecule has 2 aromatic rings. The first kappa shape index (κ1) is 13.4. The Kier molecular flexibility index (Phi) is 4.44. The van der Waals surface area contributed by atoms with Crippen molar-refractivity contribution in [2.24, 2.45) is 0 Å². The summed E-state index contributed by atoms with van der Waals surface area (Å²) in [4.78, 5) is 0. The number of fused-ring (bicyclic) bond motifs is 1. The number of benzene rings is 2. The first-order chi connectivity index (χ1) is 8.13. The molecule has 1 nitrogen and oxygen atoms in total. The van der Waals surface area contributed by atoms with Crippen molar-refractivity contribution in [3.63, 3.8) is 0 Å². The average molecular weight is 238 g/mol.